The average Bonchev–Trinajstić information content (AvgIpc) is 2.80. The van der Waals surface area contributed by atoms with Gasteiger partial charge in [-0.25, -0.2) is 0 Å². The van der Waals surface area contributed by atoms with E-state index in [1.807, 2.05) is 31.0 Å². The zero-order valence-electron chi connectivity index (χ0n) is 12.7. The molecule has 5 nitrogen and oxygen atoms in total. The molecule has 0 aliphatic rings. The molecule has 0 radical (unpaired) electrons. The highest BCUT2D eigenvalue weighted by Gasteiger charge is 2.15. The van der Waals surface area contributed by atoms with Crippen molar-refractivity contribution in [3.63, 3.8) is 0 Å². The molecule has 108 valence electrons. The minimum Gasteiger partial charge on any atom is -0.309 e. The van der Waals surface area contributed by atoms with E-state index >= 15 is 0 Å². The largest absolute Gasteiger partial charge is 0.309 e. The van der Waals surface area contributed by atoms with Crippen LogP contribution in [-0.4, -0.2) is 26.3 Å². The SMILES string of the molecule is CCNC(Cc1cc(CC)nn1C)c1cnc(C)cn1. The van der Waals surface area contributed by atoms with Crippen molar-refractivity contribution in [1.82, 2.24) is 25.1 Å². The van der Waals surface area contributed by atoms with Gasteiger partial charge in [-0.05, 0) is 26.0 Å². The van der Waals surface area contributed by atoms with Crippen LogP contribution in [0, 0.1) is 6.92 Å². The summed E-state index contributed by atoms with van der Waals surface area (Å²) in [6.07, 6.45) is 5.51. The molecule has 2 heterocycles. The van der Waals surface area contributed by atoms with Crippen molar-refractivity contribution in [1.29, 1.82) is 0 Å². The molecule has 0 fully saturated rings. The van der Waals surface area contributed by atoms with Gasteiger partial charge in [0.1, 0.15) is 0 Å². The molecule has 1 unspecified atom stereocenters. The third kappa shape index (κ3) is 3.42. The van der Waals surface area contributed by atoms with E-state index in [1.165, 1.54) is 5.69 Å². The van der Waals surface area contributed by atoms with Crippen molar-refractivity contribution in [3.05, 3.63) is 41.2 Å². The summed E-state index contributed by atoms with van der Waals surface area (Å²) >= 11 is 0. The fourth-order valence-corrected chi connectivity index (χ4v) is 2.25. The number of nitrogens with zero attached hydrogens (tertiary/aromatic N) is 4. The monoisotopic (exact) mass is 273 g/mol. The first-order valence-corrected chi connectivity index (χ1v) is 7.17. The summed E-state index contributed by atoms with van der Waals surface area (Å²) in [5.41, 5.74) is 4.28. The number of hydrogen-bond donors (Lipinski definition) is 1. The molecular formula is C15H23N5. The minimum atomic E-state index is 0.174. The number of aryl methyl sites for hydroxylation is 3. The fraction of sp³-hybridized carbons (Fsp3) is 0.533. The number of hydrogen-bond acceptors (Lipinski definition) is 4. The van der Waals surface area contributed by atoms with Crippen LogP contribution in [0.4, 0.5) is 0 Å². The quantitative estimate of drug-likeness (QED) is 0.874. The molecule has 2 aromatic heterocycles. The van der Waals surface area contributed by atoms with Gasteiger partial charge < -0.3 is 5.32 Å². The Kier molecular flexibility index (Phi) is 4.84. The van der Waals surface area contributed by atoms with Crippen molar-refractivity contribution in [2.75, 3.05) is 6.54 Å². The van der Waals surface area contributed by atoms with E-state index in [0.29, 0.717) is 0 Å². The van der Waals surface area contributed by atoms with Crippen molar-refractivity contribution in [3.8, 4) is 0 Å². The smallest absolute Gasteiger partial charge is 0.0760 e. The summed E-state index contributed by atoms with van der Waals surface area (Å²) in [5, 5.41) is 7.98. The molecule has 1 atom stereocenters. The summed E-state index contributed by atoms with van der Waals surface area (Å²) in [6.45, 7) is 7.08. The number of aromatic nitrogens is 4. The summed E-state index contributed by atoms with van der Waals surface area (Å²) in [6, 6.07) is 2.35. The second-order valence-electron chi connectivity index (χ2n) is 5.00. The summed E-state index contributed by atoms with van der Waals surface area (Å²) in [4.78, 5) is 8.84. The Morgan fingerprint density at radius 3 is 2.60 bits per heavy atom. The van der Waals surface area contributed by atoms with E-state index < -0.39 is 0 Å². The van der Waals surface area contributed by atoms with Gasteiger partial charge in [0.2, 0.25) is 0 Å². The first-order chi connectivity index (χ1) is 9.63. The molecule has 20 heavy (non-hydrogen) atoms. The molecule has 0 aliphatic carbocycles. The third-order valence-electron chi connectivity index (χ3n) is 3.41. The second kappa shape index (κ2) is 6.61. The van der Waals surface area contributed by atoms with Gasteiger partial charge in [-0.15, -0.1) is 0 Å². The fourth-order valence-electron chi connectivity index (χ4n) is 2.25. The van der Waals surface area contributed by atoms with E-state index in [2.05, 4.69) is 40.3 Å². The lowest BCUT2D eigenvalue weighted by molar-refractivity contribution is 0.515. The molecule has 1 N–H and O–H groups in total. The van der Waals surface area contributed by atoms with Crippen molar-refractivity contribution < 1.29 is 0 Å². The molecule has 0 spiro atoms. The Morgan fingerprint density at radius 1 is 1.25 bits per heavy atom. The molecular weight excluding hydrogens is 250 g/mol. The van der Waals surface area contributed by atoms with Crippen molar-refractivity contribution in [2.45, 2.75) is 39.7 Å². The summed E-state index contributed by atoms with van der Waals surface area (Å²) in [7, 11) is 2.00. The van der Waals surface area contributed by atoms with Crippen LogP contribution in [-0.2, 0) is 19.9 Å². The Labute approximate surface area is 120 Å². The predicted molar refractivity (Wildman–Crippen MR) is 79.5 cm³/mol. The van der Waals surface area contributed by atoms with Gasteiger partial charge in [0.05, 0.1) is 29.3 Å². The normalized spacial score (nSPS) is 12.6. The Bertz CT molecular complexity index is 544. The van der Waals surface area contributed by atoms with Crippen LogP contribution in [0.15, 0.2) is 18.5 Å². The van der Waals surface area contributed by atoms with Crippen LogP contribution >= 0.6 is 0 Å². The van der Waals surface area contributed by atoms with Crippen molar-refractivity contribution in [2.24, 2.45) is 7.05 Å². The molecule has 5 heteroatoms. The van der Waals surface area contributed by atoms with Crippen LogP contribution in [0.3, 0.4) is 0 Å². The van der Waals surface area contributed by atoms with Gasteiger partial charge in [-0.3, -0.25) is 14.6 Å². The first kappa shape index (κ1) is 14.7. The molecule has 0 amide bonds. The van der Waals surface area contributed by atoms with E-state index in [0.717, 1.165) is 36.5 Å². The van der Waals surface area contributed by atoms with E-state index in [-0.39, 0.29) is 6.04 Å². The molecule has 0 aromatic carbocycles. The molecule has 2 rings (SSSR count). The highest BCUT2D eigenvalue weighted by molar-refractivity contribution is 5.15. The zero-order valence-corrected chi connectivity index (χ0v) is 12.7. The van der Waals surface area contributed by atoms with Gasteiger partial charge >= 0.3 is 0 Å². The van der Waals surface area contributed by atoms with E-state index in [1.54, 1.807) is 0 Å². The zero-order chi connectivity index (χ0) is 14.5. The maximum atomic E-state index is 4.50. The Hall–Kier alpha value is -1.75. The van der Waals surface area contributed by atoms with E-state index in [9.17, 15) is 0 Å². The number of nitrogens with one attached hydrogen (secondary N) is 1. The van der Waals surface area contributed by atoms with Crippen LogP contribution in [0.2, 0.25) is 0 Å². The van der Waals surface area contributed by atoms with Crippen LogP contribution in [0.5, 0.6) is 0 Å². The van der Waals surface area contributed by atoms with Gasteiger partial charge in [0.15, 0.2) is 0 Å². The summed E-state index contributed by atoms with van der Waals surface area (Å²) in [5.74, 6) is 0. The lowest BCUT2D eigenvalue weighted by Crippen LogP contribution is -2.25. The van der Waals surface area contributed by atoms with Crippen LogP contribution in [0.25, 0.3) is 0 Å². The predicted octanol–water partition coefficient (Wildman–Crippen LogP) is 1.97. The number of likely N-dealkylation sites (N-methyl/N-ethyl adjacent to an activating group) is 1. The molecule has 0 bridgehead atoms. The topological polar surface area (TPSA) is 55.6 Å². The molecule has 2 aromatic rings. The summed E-state index contributed by atoms with van der Waals surface area (Å²) < 4.78 is 1.96. The molecule has 0 saturated carbocycles. The first-order valence-electron chi connectivity index (χ1n) is 7.17. The van der Waals surface area contributed by atoms with Gasteiger partial charge in [0.25, 0.3) is 0 Å². The Morgan fingerprint density at radius 2 is 2.05 bits per heavy atom. The number of rotatable bonds is 6. The Balaban J connectivity index is 2.20. The molecule has 0 saturated heterocycles. The highest BCUT2D eigenvalue weighted by atomic mass is 15.3. The van der Waals surface area contributed by atoms with Gasteiger partial charge in [0, 0.05) is 25.4 Å². The maximum Gasteiger partial charge on any atom is 0.0760 e. The second-order valence-corrected chi connectivity index (χ2v) is 5.00. The van der Waals surface area contributed by atoms with Gasteiger partial charge in [-0.2, -0.15) is 5.10 Å². The lowest BCUT2D eigenvalue weighted by Gasteiger charge is -2.17. The molecule has 0 aliphatic heterocycles. The average molecular weight is 273 g/mol. The highest BCUT2D eigenvalue weighted by Crippen LogP contribution is 2.17. The van der Waals surface area contributed by atoms with Crippen LogP contribution < -0.4 is 5.32 Å². The standard InChI is InChI=1S/C15H23N5/c1-5-12-7-13(20(4)19-12)8-14(16-6-2)15-10-17-11(3)9-18-15/h7,9-10,14,16H,5-6,8H2,1-4H3. The maximum absolute atomic E-state index is 4.50. The van der Waals surface area contributed by atoms with Crippen LogP contribution in [0.1, 0.15) is 42.7 Å². The lowest BCUT2D eigenvalue weighted by atomic mass is 10.1. The minimum absolute atomic E-state index is 0.174. The third-order valence-corrected chi connectivity index (χ3v) is 3.41. The van der Waals surface area contributed by atoms with E-state index in [4.69, 9.17) is 0 Å². The van der Waals surface area contributed by atoms with Crippen molar-refractivity contribution >= 4 is 0 Å². The van der Waals surface area contributed by atoms with Gasteiger partial charge in [-0.1, -0.05) is 13.8 Å².